The molecule has 2 amide bonds. The second kappa shape index (κ2) is 10.2. The number of amides is 2. The highest BCUT2D eigenvalue weighted by molar-refractivity contribution is 6.37. The van der Waals surface area contributed by atoms with Gasteiger partial charge in [0.1, 0.15) is 23.0 Å². The molecule has 0 unspecified atom stereocenters. The second-order valence-corrected chi connectivity index (χ2v) is 7.67. The maximum Gasteiger partial charge on any atom is 0.278 e. The molecule has 174 valence electrons. The van der Waals surface area contributed by atoms with Crippen molar-refractivity contribution in [2.45, 2.75) is 13.3 Å². The number of hydrogen-bond donors (Lipinski definition) is 1. The summed E-state index contributed by atoms with van der Waals surface area (Å²) in [5, 5.41) is 3.14. The molecule has 6 nitrogen and oxygen atoms in total. The van der Waals surface area contributed by atoms with Crippen LogP contribution in [-0.2, 0) is 16.0 Å². The minimum absolute atomic E-state index is 0.159. The average molecular weight is 461 g/mol. The SMILES string of the molecule is CCOc1cccc(NC2=C(c3ccccc3OC)C(=O)N(CCc3ccc(F)cc3)C2=O)c1. The molecule has 0 fully saturated rings. The van der Waals surface area contributed by atoms with E-state index in [4.69, 9.17) is 9.47 Å². The first kappa shape index (κ1) is 23.0. The summed E-state index contributed by atoms with van der Waals surface area (Å²) in [6, 6.07) is 20.3. The molecule has 1 aliphatic rings. The number of carbonyl (C=O) groups excluding carboxylic acids is 2. The van der Waals surface area contributed by atoms with Gasteiger partial charge in [-0.25, -0.2) is 4.39 Å². The topological polar surface area (TPSA) is 67.9 Å². The van der Waals surface area contributed by atoms with E-state index < -0.39 is 11.8 Å². The van der Waals surface area contributed by atoms with Crippen LogP contribution in [0.5, 0.6) is 11.5 Å². The number of ether oxygens (including phenoxy) is 2. The Balaban J connectivity index is 1.69. The number of anilines is 1. The molecular formula is C27H25FN2O4. The minimum Gasteiger partial charge on any atom is -0.496 e. The molecule has 1 aliphatic heterocycles. The Kier molecular flexibility index (Phi) is 6.92. The number of rotatable bonds is 9. The summed E-state index contributed by atoms with van der Waals surface area (Å²) in [6.07, 6.45) is 0.407. The van der Waals surface area contributed by atoms with E-state index in [0.717, 1.165) is 5.56 Å². The van der Waals surface area contributed by atoms with Crippen LogP contribution in [0.2, 0.25) is 0 Å². The van der Waals surface area contributed by atoms with Gasteiger partial charge >= 0.3 is 0 Å². The average Bonchev–Trinajstić information content (AvgIpc) is 3.07. The van der Waals surface area contributed by atoms with Crippen molar-refractivity contribution >= 4 is 23.1 Å². The number of methoxy groups -OCH3 is 1. The fraction of sp³-hybridized carbons (Fsp3) is 0.185. The summed E-state index contributed by atoms with van der Waals surface area (Å²) >= 11 is 0. The summed E-state index contributed by atoms with van der Waals surface area (Å²) in [7, 11) is 1.52. The summed E-state index contributed by atoms with van der Waals surface area (Å²) < 4.78 is 24.3. The van der Waals surface area contributed by atoms with Crippen molar-refractivity contribution in [2.75, 3.05) is 25.6 Å². The molecule has 1 N–H and O–H groups in total. The van der Waals surface area contributed by atoms with E-state index in [1.807, 2.05) is 19.1 Å². The van der Waals surface area contributed by atoms with Crippen LogP contribution >= 0.6 is 0 Å². The predicted molar refractivity (Wildman–Crippen MR) is 128 cm³/mol. The van der Waals surface area contributed by atoms with Gasteiger partial charge in [-0.2, -0.15) is 0 Å². The fourth-order valence-corrected chi connectivity index (χ4v) is 3.86. The van der Waals surface area contributed by atoms with Gasteiger partial charge in [0, 0.05) is 23.9 Å². The van der Waals surface area contributed by atoms with Gasteiger partial charge in [-0.15, -0.1) is 0 Å². The van der Waals surface area contributed by atoms with Gasteiger partial charge in [-0.05, 0) is 49.2 Å². The summed E-state index contributed by atoms with van der Waals surface area (Å²) in [5.41, 5.74) is 2.38. The zero-order valence-corrected chi connectivity index (χ0v) is 19.0. The highest BCUT2D eigenvalue weighted by atomic mass is 19.1. The molecule has 0 aromatic heterocycles. The van der Waals surface area contributed by atoms with Crippen molar-refractivity contribution in [1.82, 2.24) is 4.90 Å². The van der Waals surface area contributed by atoms with E-state index in [1.54, 1.807) is 48.5 Å². The van der Waals surface area contributed by atoms with Crippen molar-refractivity contribution in [3.63, 3.8) is 0 Å². The lowest BCUT2D eigenvalue weighted by molar-refractivity contribution is -0.136. The Morgan fingerprint density at radius 3 is 2.44 bits per heavy atom. The number of benzene rings is 3. The Labute approximate surface area is 197 Å². The Hall–Kier alpha value is -4.13. The third kappa shape index (κ3) is 4.78. The highest BCUT2D eigenvalue weighted by Crippen LogP contribution is 2.35. The van der Waals surface area contributed by atoms with Crippen LogP contribution < -0.4 is 14.8 Å². The first-order valence-corrected chi connectivity index (χ1v) is 11.0. The van der Waals surface area contributed by atoms with E-state index in [2.05, 4.69) is 5.32 Å². The lowest BCUT2D eigenvalue weighted by atomic mass is 10.0. The Morgan fingerprint density at radius 2 is 1.71 bits per heavy atom. The van der Waals surface area contributed by atoms with Crippen LogP contribution in [0, 0.1) is 5.82 Å². The number of nitrogens with one attached hydrogen (secondary N) is 1. The first-order chi connectivity index (χ1) is 16.5. The van der Waals surface area contributed by atoms with E-state index in [-0.39, 0.29) is 23.6 Å². The highest BCUT2D eigenvalue weighted by Gasteiger charge is 2.40. The molecule has 3 aromatic rings. The standard InChI is InChI=1S/C27H25FN2O4/c1-3-34-21-8-6-7-20(17-21)29-25-24(22-9-4-5-10-23(22)33-2)26(31)30(27(25)32)16-15-18-11-13-19(28)14-12-18/h4-14,17,29H,3,15-16H2,1-2H3. The lowest BCUT2D eigenvalue weighted by Crippen LogP contribution is -2.34. The van der Waals surface area contributed by atoms with Crippen LogP contribution in [0.1, 0.15) is 18.1 Å². The van der Waals surface area contributed by atoms with Crippen molar-refractivity contribution in [2.24, 2.45) is 0 Å². The van der Waals surface area contributed by atoms with E-state index in [0.29, 0.717) is 35.8 Å². The van der Waals surface area contributed by atoms with Crippen molar-refractivity contribution in [1.29, 1.82) is 0 Å². The summed E-state index contributed by atoms with van der Waals surface area (Å²) in [5.74, 6) is -0.0499. The number of imide groups is 1. The maximum atomic E-state index is 13.5. The lowest BCUT2D eigenvalue weighted by Gasteiger charge is -2.15. The third-order valence-corrected chi connectivity index (χ3v) is 5.50. The number of halogens is 1. The number of hydrogen-bond acceptors (Lipinski definition) is 5. The van der Waals surface area contributed by atoms with Crippen molar-refractivity contribution in [3.8, 4) is 11.5 Å². The molecule has 4 rings (SSSR count). The molecule has 0 saturated carbocycles. The minimum atomic E-state index is -0.435. The van der Waals surface area contributed by atoms with E-state index >= 15 is 0 Å². The fourth-order valence-electron chi connectivity index (χ4n) is 3.86. The Morgan fingerprint density at radius 1 is 0.941 bits per heavy atom. The molecule has 7 heteroatoms. The molecule has 3 aromatic carbocycles. The largest absolute Gasteiger partial charge is 0.496 e. The summed E-state index contributed by atoms with van der Waals surface area (Å²) in [4.78, 5) is 28.1. The smallest absolute Gasteiger partial charge is 0.278 e. The van der Waals surface area contributed by atoms with Gasteiger partial charge < -0.3 is 14.8 Å². The van der Waals surface area contributed by atoms with Crippen LogP contribution in [0.15, 0.2) is 78.5 Å². The molecular weight excluding hydrogens is 435 g/mol. The molecule has 1 heterocycles. The summed E-state index contributed by atoms with van der Waals surface area (Å²) in [6.45, 7) is 2.56. The predicted octanol–water partition coefficient (Wildman–Crippen LogP) is 4.67. The molecule has 0 bridgehead atoms. The van der Waals surface area contributed by atoms with Crippen LogP contribution in [0.4, 0.5) is 10.1 Å². The molecule has 0 saturated heterocycles. The quantitative estimate of drug-likeness (QED) is 0.470. The first-order valence-electron chi connectivity index (χ1n) is 11.0. The number of carbonyl (C=O) groups is 2. The Bertz CT molecular complexity index is 1240. The normalized spacial score (nSPS) is 13.4. The number of nitrogens with zero attached hydrogens (tertiary/aromatic N) is 1. The molecule has 0 aliphatic carbocycles. The van der Waals surface area contributed by atoms with Gasteiger partial charge in [-0.1, -0.05) is 36.4 Å². The third-order valence-electron chi connectivity index (χ3n) is 5.50. The van der Waals surface area contributed by atoms with Gasteiger partial charge in [-0.3, -0.25) is 14.5 Å². The van der Waals surface area contributed by atoms with Crippen LogP contribution in [0.3, 0.4) is 0 Å². The maximum absolute atomic E-state index is 13.5. The number of para-hydroxylation sites is 1. The zero-order valence-electron chi connectivity index (χ0n) is 19.0. The second-order valence-electron chi connectivity index (χ2n) is 7.67. The molecule has 0 atom stereocenters. The van der Waals surface area contributed by atoms with Gasteiger partial charge in [0.25, 0.3) is 11.8 Å². The van der Waals surface area contributed by atoms with E-state index in [1.165, 1.54) is 24.1 Å². The monoisotopic (exact) mass is 460 g/mol. The van der Waals surface area contributed by atoms with Crippen LogP contribution in [-0.4, -0.2) is 37.0 Å². The zero-order chi connectivity index (χ0) is 24.1. The van der Waals surface area contributed by atoms with Crippen LogP contribution in [0.25, 0.3) is 5.57 Å². The molecule has 34 heavy (non-hydrogen) atoms. The van der Waals surface area contributed by atoms with Gasteiger partial charge in [0.05, 0.1) is 19.3 Å². The molecule has 0 radical (unpaired) electrons. The van der Waals surface area contributed by atoms with Gasteiger partial charge in [0.2, 0.25) is 0 Å². The molecule has 0 spiro atoms. The van der Waals surface area contributed by atoms with Crippen molar-refractivity contribution < 1.29 is 23.5 Å². The van der Waals surface area contributed by atoms with Crippen molar-refractivity contribution in [3.05, 3.63) is 95.4 Å². The van der Waals surface area contributed by atoms with Gasteiger partial charge in [0.15, 0.2) is 0 Å². The van der Waals surface area contributed by atoms with E-state index in [9.17, 15) is 14.0 Å².